The van der Waals surface area contributed by atoms with E-state index in [1.54, 1.807) is 24.3 Å². The van der Waals surface area contributed by atoms with Crippen molar-refractivity contribution in [3.63, 3.8) is 0 Å². The first kappa shape index (κ1) is 19.2. The molecule has 7 heteroatoms. The molecule has 0 bridgehead atoms. The van der Waals surface area contributed by atoms with Gasteiger partial charge in [-0.3, -0.25) is 14.5 Å². The molecule has 0 aliphatic carbocycles. The van der Waals surface area contributed by atoms with Gasteiger partial charge in [0, 0.05) is 41.9 Å². The molecule has 0 saturated carbocycles. The molecule has 4 rings (SSSR count). The number of benzene rings is 2. The Morgan fingerprint density at radius 2 is 1.64 bits per heavy atom. The Morgan fingerprint density at radius 3 is 2.36 bits per heavy atom. The molecule has 0 spiro atoms. The molecule has 2 aromatic carbocycles. The van der Waals surface area contributed by atoms with Gasteiger partial charge < -0.3 is 4.90 Å². The van der Waals surface area contributed by atoms with Gasteiger partial charge in [0.2, 0.25) is 5.91 Å². The third-order valence-electron chi connectivity index (χ3n) is 5.46. The van der Waals surface area contributed by atoms with Crippen molar-refractivity contribution >= 4 is 46.4 Å². The van der Waals surface area contributed by atoms with E-state index >= 15 is 0 Å². The number of amides is 2. The van der Waals surface area contributed by atoms with Gasteiger partial charge >= 0.3 is 0 Å². The number of piperazine rings is 1. The quantitative estimate of drug-likeness (QED) is 0.713. The Bertz CT molecular complexity index is 926. The van der Waals surface area contributed by atoms with Gasteiger partial charge in [-0.15, -0.1) is 0 Å². The molecule has 2 aromatic rings. The van der Waals surface area contributed by atoms with Crippen LogP contribution < -0.4 is 9.80 Å². The number of rotatable bonds is 3. The largest absolute Gasteiger partial charge is 0.369 e. The lowest BCUT2D eigenvalue weighted by Crippen LogP contribution is -2.52. The van der Waals surface area contributed by atoms with Crippen LogP contribution in [0.5, 0.6) is 0 Å². The molecule has 2 heterocycles. The Balaban J connectivity index is 1.46. The van der Waals surface area contributed by atoms with E-state index in [-0.39, 0.29) is 18.2 Å². The molecule has 2 aliphatic rings. The molecule has 2 fully saturated rings. The summed E-state index contributed by atoms with van der Waals surface area (Å²) in [6, 6.07) is 12.4. The SMILES string of the molecule is Cc1ccc(Cl)cc1N1CCN([C@H]2CC(=O)N(c3cccc(Cl)c3)C2=O)CC1. The zero-order chi connectivity index (χ0) is 19.8. The first-order chi connectivity index (χ1) is 13.4. The van der Waals surface area contributed by atoms with Crippen LogP contribution in [0.25, 0.3) is 0 Å². The van der Waals surface area contributed by atoms with Crippen molar-refractivity contribution in [1.29, 1.82) is 0 Å². The molecular formula is C21H21Cl2N3O2. The number of carbonyl (C=O) groups excluding carboxylic acids is 2. The fraction of sp³-hybridized carbons (Fsp3) is 0.333. The van der Waals surface area contributed by atoms with Crippen LogP contribution in [-0.4, -0.2) is 48.9 Å². The van der Waals surface area contributed by atoms with Gasteiger partial charge in [-0.2, -0.15) is 0 Å². The van der Waals surface area contributed by atoms with Crippen LogP contribution in [0.3, 0.4) is 0 Å². The molecule has 5 nitrogen and oxygen atoms in total. The molecule has 2 aliphatic heterocycles. The van der Waals surface area contributed by atoms with Crippen LogP contribution in [0.2, 0.25) is 10.0 Å². The Labute approximate surface area is 174 Å². The lowest BCUT2D eigenvalue weighted by atomic mass is 10.1. The molecule has 2 saturated heterocycles. The molecule has 0 unspecified atom stereocenters. The average Bonchev–Trinajstić information content (AvgIpc) is 2.98. The van der Waals surface area contributed by atoms with Gasteiger partial charge in [0.05, 0.1) is 18.2 Å². The number of hydrogen-bond donors (Lipinski definition) is 0. The van der Waals surface area contributed by atoms with E-state index in [1.807, 2.05) is 18.2 Å². The van der Waals surface area contributed by atoms with Crippen molar-refractivity contribution in [2.24, 2.45) is 0 Å². The first-order valence-electron chi connectivity index (χ1n) is 9.31. The van der Waals surface area contributed by atoms with Crippen molar-refractivity contribution < 1.29 is 9.59 Å². The summed E-state index contributed by atoms with van der Waals surface area (Å²) in [6.45, 7) is 5.09. The van der Waals surface area contributed by atoms with Crippen LogP contribution in [-0.2, 0) is 9.59 Å². The smallest absolute Gasteiger partial charge is 0.251 e. The van der Waals surface area contributed by atoms with E-state index in [2.05, 4.69) is 16.7 Å². The molecule has 146 valence electrons. The predicted molar refractivity (Wildman–Crippen MR) is 112 cm³/mol. The minimum absolute atomic E-state index is 0.167. The number of halogens is 2. The summed E-state index contributed by atoms with van der Waals surface area (Å²) in [5.41, 5.74) is 2.84. The maximum absolute atomic E-state index is 13.0. The summed E-state index contributed by atoms with van der Waals surface area (Å²) in [5, 5.41) is 1.23. The lowest BCUT2D eigenvalue weighted by molar-refractivity contribution is -0.123. The molecule has 0 radical (unpaired) electrons. The maximum Gasteiger partial charge on any atom is 0.251 e. The van der Waals surface area contributed by atoms with Gasteiger partial charge in [0.1, 0.15) is 0 Å². The fourth-order valence-electron chi connectivity index (χ4n) is 3.99. The third-order valence-corrected chi connectivity index (χ3v) is 5.93. The predicted octanol–water partition coefficient (Wildman–Crippen LogP) is 3.76. The number of carbonyl (C=O) groups is 2. The van der Waals surface area contributed by atoms with Gasteiger partial charge in [-0.25, -0.2) is 4.90 Å². The van der Waals surface area contributed by atoms with Gasteiger partial charge in [0.25, 0.3) is 5.91 Å². The van der Waals surface area contributed by atoms with Crippen LogP contribution in [0.1, 0.15) is 12.0 Å². The van der Waals surface area contributed by atoms with E-state index in [0.717, 1.165) is 36.9 Å². The molecule has 0 N–H and O–H groups in total. The molecule has 0 aromatic heterocycles. The summed E-state index contributed by atoms with van der Waals surface area (Å²) in [4.78, 5) is 31.2. The summed E-state index contributed by atoms with van der Waals surface area (Å²) in [5.74, 6) is -0.343. The highest BCUT2D eigenvalue weighted by molar-refractivity contribution is 6.31. The van der Waals surface area contributed by atoms with Crippen molar-refractivity contribution in [3.8, 4) is 0 Å². The van der Waals surface area contributed by atoms with Gasteiger partial charge in [-0.1, -0.05) is 35.3 Å². The second kappa shape index (κ2) is 7.74. The Kier molecular flexibility index (Phi) is 5.32. The van der Waals surface area contributed by atoms with Crippen LogP contribution in [0.4, 0.5) is 11.4 Å². The van der Waals surface area contributed by atoms with Crippen molar-refractivity contribution in [2.45, 2.75) is 19.4 Å². The molecule has 1 atom stereocenters. The third kappa shape index (κ3) is 3.62. The summed E-state index contributed by atoms with van der Waals surface area (Å²) >= 11 is 12.2. The molecule has 2 amide bonds. The van der Waals surface area contributed by atoms with E-state index in [4.69, 9.17) is 23.2 Å². The van der Waals surface area contributed by atoms with Crippen LogP contribution in [0.15, 0.2) is 42.5 Å². The van der Waals surface area contributed by atoms with Crippen molar-refractivity contribution in [3.05, 3.63) is 58.1 Å². The monoisotopic (exact) mass is 417 g/mol. The number of aryl methyl sites for hydroxylation is 1. The summed E-state index contributed by atoms with van der Waals surface area (Å²) in [7, 11) is 0. The van der Waals surface area contributed by atoms with E-state index in [0.29, 0.717) is 10.7 Å². The fourth-order valence-corrected chi connectivity index (χ4v) is 4.34. The standard InChI is InChI=1S/C21H21Cl2N3O2/c1-14-5-6-16(23)12-18(14)24-7-9-25(10-8-24)19-13-20(27)26(21(19)28)17-4-2-3-15(22)11-17/h2-6,11-12,19H,7-10,13H2,1H3/t19-/m0/s1. The number of anilines is 2. The number of nitrogens with zero attached hydrogens (tertiary/aromatic N) is 3. The van der Waals surface area contributed by atoms with Gasteiger partial charge in [-0.05, 0) is 42.8 Å². The highest BCUT2D eigenvalue weighted by Crippen LogP contribution is 2.30. The highest BCUT2D eigenvalue weighted by Gasteiger charge is 2.43. The second-order valence-electron chi connectivity index (χ2n) is 7.22. The van der Waals surface area contributed by atoms with Crippen molar-refractivity contribution in [2.75, 3.05) is 36.0 Å². The summed E-state index contributed by atoms with van der Waals surface area (Å²) < 4.78 is 0. The Morgan fingerprint density at radius 1 is 0.929 bits per heavy atom. The molecule has 28 heavy (non-hydrogen) atoms. The van der Waals surface area contributed by atoms with Crippen LogP contribution in [0, 0.1) is 6.92 Å². The summed E-state index contributed by atoms with van der Waals surface area (Å²) in [6.07, 6.45) is 0.210. The minimum atomic E-state index is -0.408. The van der Waals surface area contributed by atoms with Crippen LogP contribution >= 0.6 is 23.2 Å². The maximum atomic E-state index is 13.0. The van der Waals surface area contributed by atoms with E-state index in [1.165, 1.54) is 10.5 Å². The molecular weight excluding hydrogens is 397 g/mol. The minimum Gasteiger partial charge on any atom is -0.369 e. The first-order valence-corrected chi connectivity index (χ1v) is 10.1. The average molecular weight is 418 g/mol. The highest BCUT2D eigenvalue weighted by atomic mass is 35.5. The number of imide groups is 1. The van der Waals surface area contributed by atoms with Gasteiger partial charge in [0.15, 0.2) is 0 Å². The Hall–Kier alpha value is -2.08. The number of hydrogen-bond acceptors (Lipinski definition) is 4. The lowest BCUT2D eigenvalue weighted by Gasteiger charge is -2.38. The topological polar surface area (TPSA) is 43.9 Å². The normalized spacial score (nSPS) is 20.9. The zero-order valence-electron chi connectivity index (χ0n) is 15.6. The van der Waals surface area contributed by atoms with E-state index in [9.17, 15) is 9.59 Å². The second-order valence-corrected chi connectivity index (χ2v) is 8.09. The van der Waals surface area contributed by atoms with Crippen molar-refractivity contribution in [1.82, 2.24) is 4.90 Å². The van der Waals surface area contributed by atoms with E-state index < -0.39 is 6.04 Å². The zero-order valence-corrected chi connectivity index (χ0v) is 17.1.